The van der Waals surface area contributed by atoms with Gasteiger partial charge in [-0.25, -0.2) is 0 Å². The highest BCUT2D eigenvalue weighted by atomic mass is 19.4. The van der Waals surface area contributed by atoms with Crippen LogP contribution in [0.2, 0.25) is 0 Å². The maximum absolute atomic E-state index is 12.2. The minimum Gasteiger partial charge on any atom is -0.490 e. The molecule has 0 saturated carbocycles. The fourth-order valence-electron chi connectivity index (χ4n) is 2.02. The lowest BCUT2D eigenvalue weighted by molar-refractivity contribution is -0.274. The van der Waals surface area contributed by atoms with Gasteiger partial charge in [0.1, 0.15) is 11.5 Å². The molecule has 2 aromatic rings. The van der Waals surface area contributed by atoms with Gasteiger partial charge in [0.25, 0.3) is 0 Å². The topological polar surface area (TPSA) is 42.2 Å². The van der Waals surface area contributed by atoms with Gasteiger partial charge in [-0.3, -0.25) is 0 Å². The highest BCUT2D eigenvalue weighted by Gasteiger charge is 2.31. The Morgan fingerprint density at radius 2 is 1.70 bits per heavy atom. The van der Waals surface area contributed by atoms with Gasteiger partial charge in [-0.05, 0) is 49.7 Å². The molecule has 0 aromatic heterocycles. The molecule has 0 aliphatic rings. The predicted molar refractivity (Wildman–Crippen MR) is 79.0 cm³/mol. The van der Waals surface area contributed by atoms with Gasteiger partial charge >= 0.3 is 6.36 Å². The van der Waals surface area contributed by atoms with Gasteiger partial charge in [0.2, 0.25) is 0 Å². The Morgan fingerprint density at radius 1 is 1.04 bits per heavy atom. The summed E-state index contributed by atoms with van der Waals surface area (Å²) in [6.45, 7) is 3.73. The van der Waals surface area contributed by atoms with Crippen LogP contribution in [0.15, 0.2) is 42.5 Å². The predicted octanol–water partition coefficient (Wildman–Crippen LogP) is 4.91. The summed E-state index contributed by atoms with van der Waals surface area (Å²) in [7, 11) is 0. The van der Waals surface area contributed by atoms with Crippen LogP contribution in [-0.2, 0) is 0 Å². The number of rotatable bonds is 4. The van der Waals surface area contributed by atoms with E-state index in [-0.39, 0.29) is 11.9 Å². The molecule has 0 atom stereocenters. The Hall–Kier alpha value is -2.68. The molecular formula is C17H14F3NO2. The van der Waals surface area contributed by atoms with Gasteiger partial charge in [0.15, 0.2) is 0 Å². The number of hydrogen-bond donors (Lipinski definition) is 0. The van der Waals surface area contributed by atoms with Crippen molar-refractivity contribution in [2.24, 2.45) is 0 Å². The summed E-state index contributed by atoms with van der Waals surface area (Å²) >= 11 is 0. The van der Waals surface area contributed by atoms with E-state index in [1.165, 1.54) is 24.3 Å². The molecule has 0 fully saturated rings. The number of halogens is 3. The third-order valence-corrected chi connectivity index (χ3v) is 2.87. The molecule has 0 radical (unpaired) electrons. The molecule has 2 rings (SSSR count). The molecule has 0 aliphatic heterocycles. The number of nitrogens with zero attached hydrogens (tertiary/aromatic N) is 1. The van der Waals surface area contributed by atoms with E-state index in [0.29, 0.717) is 22.4 Å². The smallest absolute Gasteiger partial charge is 0.490 e. The minimum atomic E-state index is -4.73. The first-order valence-electron chi connectivity index (χ1n) is 6.85. The summed E-state index contributed by atoms with van der Waals surface area (Å²) in [5, 5.41) is 9.02. The van der Waals surface area contributed by atoms with Crippen LogP contribution in [0.4, 0.5) is 13.2 Å². The number of ether oxygens (including phenoxy) is 2. The van der Waals surface area contributed by atoms with Crippen LogP contribution < -0.4 is 9.47 Å². The lowest BCUT2D eigenvalue weighted by Crippen LogP contribution is -2.16. The Labute approximate surface area is 131 Å². The maximum atomic E-state index is 12.2. The molecule has 0 aliphatic carbocycles. The fourth-order valence-corrected chi connectivity index (χ4v) is 2.02. The van der Waals surface area contributed by atoms with Crippen molar-refractivity contribution in [2.75, 3.05) is 0 Å². The van der Waals surface area contributed by atoms with E-state index in [2.05, 4.69) is 4.74 Å². The van der Waals surface area contributed by atoms with Gasteiger partial charge in [0, 0.05) is 5.56 Å². The van der Waals surface area contributed by atoms with E-state index < -0.39 is 6.36 Å². The number of nitriles is 1. The van der Waals surface area contributed by atoms with Gasteiger partial charge in [-0.15, -0.1) is 13.2 Å². The molecule has 3 nitrogen and oxygen atoms in total. The number of alkyl halides is 3. The average molecular weight is 321 g/mol. The largest absolute Gasteiger partial charge is 0.573 e. The molecule has 2 aromatic carbocycles. The molecule has 0 N–H and O–H groups in total. The molecule has 23 heavy (non-hydrogen) atoms. The quantitative estimate of drug-likeness (QED) is 0.803. The monoisotopic (exact) mass is 321 g/mol. The molecule has 6 heteroatoms. The minimum absolute atomic E-state index is 0.0745. The molecule has 0 amide bonds. The van der Waals surface area contributed by atoms with Crippen LogP contribution in [0.3, 0.4) is 0 Å². The van der Waals surface area contributed by atoms with Crippen LogP contribution in [0.5, 0.6) is 11.5 Å². The maximum Gasteiger partial charge on any atom is 0.573 e. The van der Waals surface area contributed by atoms with E-state index in [0.717, 1.165) is 0 Å². The molecule has 120 valence electrons. The van der Waals surface area contributed by atoms with Crippen molar-refractivity contribution in [3.8, 4) is 28.7 Å². The fraction of sp³-hybridized carbons (Fsp3) is 0.235. The summed E-state index contributed by atoms with van der Waals surface area (Å²) in [5.74, 6) is 0.257. The van der Waals surface area contributed by atoms with E-state index in [4.69, 9.17) is 10.00 Å². The Balaban J connectivity index is 2.38. The normalized spacial score (nSPS) is 11.2. The van der Waals surface area contributed by atoms with Crippen molar-refractivity contribution in [3.05, 3.63) is 48.0 Å². The number of hydrogen-bond acceptors (Lipinski definition) is 3. The summed E-state index contributed by atoms with van der Waals surface area (Å²) in [4.78, 5) is 0. The Bertz CT molecular complexity index is 716. The first-order valence-corrected chi connectivity index (χ1v) is 6.85. The zero-order chi connectivity index (χ0) is 17.0. The summed E-state index contributed by atoms with van der Waals surface area (Å²) in [5.41, 5.74) is 1.70. The third kappa shape index (κ3) is 4.65. The van der Waals surface area contributed by atoms with Crippen molar-refractivity contribution in [1.29, 1.82) is 5.26 Å². The lowest BCUT2D eigenvalue weighted by Gasteiger charge is -2.15. The van der Waals surface area contributed by atoms with Crippen LogP contribution in [0.25, 0.3) is 11.1 Å². The van der Waals surface area contributed by atoms with Crippen LogP contribution >= 0.6 is 0 Å². The van der Waals surface area contributed by atoms with Gasteiger partial charge < -0.3 is 9.47 Å². The molecule has 0 bridgehead atoms. The number of benzene rings is 2. The van der Waals surface area contributed by atoms with Crippen molar-refractivity contribution in [2.45, 2.75) is 26.3 Å². The standard InChI is InChI=1S/C17H14F3NO2/c1-11(2)22-16-8-3-12(10-21)9-15(16)13-4-6-14(7-5-13)23-17(18,19)20/h3-9,11H,1-2H3. The van der Waals surface area contributed by atoms with Crippen molar-refractivity contribution < 1.29 is 22.6 Å². The van der Waals surface area contributed by atoms with E-state index in [1.54, 1.807) is 18.2 Å². The summed E-state index contributed by atoms with van der Waals surface area (Å²) < 4.78 is 46.1. The molecule has 0 heterocycles. The molecule has 0 saturated heterocycles. The SMILES string of the molecule is CC(C)Oc1ccc(C#N)cc1-c1ccc(OC(F)(F)F)cc1. The van der Waals surface area contributed by atoms with Crippen molar-refractivity contribution in [1.82, 2.24) is 0 Å². The average Bonchev–Trinajstić information content (AvgIpc) is 2.46. The Morgan fingerprint density at radius 3 is 2.22 bits per heavy atom. The lowest BCUT2D eigenvalue weighted by atomic mass is 10.0. The van der Waals surface area contributed by atoms with Crippen LogP contribution in [0.1, 0.15) is 19.4 Å². The zero-order valence-electron chi connectivity index (χ0n) is 12.5. The van der Waals surface area contributed by atoms with Gasteiger partial charge in [0.05, 0.1) is 17.7 Å². The Kier molecular flexibility index (Phi) is 4.80. The van der Waals surface area contributed by atoms with Crippen LogP contribution in [-0.4, -0.2) is 12.5 Å². The van der Waals surface area contributed by atoms with Crippen LogP contribution in [0, 0.1) is 11.3 Å². The summed E-state index contributed by atoms with van der Waals surface area (Å²) in [6, 6.07) is 12.4. The first kappa shape index (κ1) is 16.7. The second kappa shape index (κ2) is 6.61. The van der Waals surface area contributed by atoms with Crippen molar-refractivity contribution in [3.63, 3.8) is 0 Å². The molecular weight excluding hydrogens is 307 g/mol. The third-order valence-electron chi connectivity index (χ3n) is 2.87. The molecule has 0 unspecified atom stereocenters. The zero-order valence-corrected chi connectivity index (χ0v) is 12.5. The van der Waals surface area contributed by atoms with Gasteiger partial charge in [-0.1, -0.05) is 12.1 Å². The van der Waals surface area contributed by atoms with Crippen molar-refractivity contribution >= 4 is 0 Å². The van der Waals surface area contributed by atoms with E-state index in [9.17, 15) is 13.2 Å². The summed E-state index contributed by atoms with van der Waals surface area (Å²) in [6.07, 6.45) is -4.80. The highest BCUT2D eigenvalue weighted by Crippen LogP contribution is 2.33. The first-order chi connectivity index (χ1) is 10.8. The molecule has 0 spiro atoms. The second-order valence-corrected chi connectivity index (χ2v) is 5.06. The van der Waals surface area contributed by atoms with Gasteiger partial charge in [-0.2, -0.15) is 5.26 Å². The van der Waals surface area contributed by atoms with E-state index in [1.807, 2.05) is 19.9 Å². The van der Waals surface area contributed by atoms with E-state index >= 15 is 0 Å². The second-order valence-electron chi connectivity index (χ2n) is 5.06. The highest BCUT2D eigenvalue weighted by molar-refractivity contribution is 5.72.